The smallest absolute Gasteiger partial charge is 0.255 e. The molecule has 26 heavy (non-hydrogen) atoms. The van der Waals surface area contributed by atoms with Gasteiger partial charge < -0.3 is 11.1 Å². The van der Waals surface area contributed by atoms with Crippen LogP contribution in [0.15, 0.2) is 30.5 Å². The fourth-order valence-electron chi connectivity index (χ4n) is 3.43. The Bertz CT molecular complexity index is 752. The maximum absolute atomic E-state index is 12.8. The molecular formula is C19H26Cl2N4O. The molecule has 2 aromatic rings. The van der Waals surface area contributed by atoms with E-state index in [1.807, 2.05) is 28.9 Å². The molecule has 5 nitrogen and oxygen atoms in total. The summed E-state index contributed by atoms with van der Waals surface area (Å²) in [6.07, 6.45) is 5.45. The maximum Gasteiger partial charge on any atom is 0.255 e. The third kappa shape index (κ3) is 4.58. The first-order valence-corrected chi connectivity index (χ1v) is 9.23. The van der Waals surface area contributed by atoms with Crippen LogP contribution in [0.2, 0.25) is 5.02 Å². The van der Waals surface area contributed by atoms with E-state index in [0.717, 1.165) is 37.1 Å². The Balaban J connectivity index is 0.00000243. The maximum atomic E-state index is 12.8. The second-order valence-electron chi connectivity index (χ2n) is 7.08. The monoisotopic (exact) mass is 396 g/mol. The molecule has 1 amide bonds. The third-order valence-electron chi connectivity index (χ3n) is 4.76. The normalized spacial score (nSPS) is 19.9. The molecule has 0 atom stereocenters. The van der Waals surface area contributed by atoms with Crippen LogP contribution in [0, 0.1) is 0 Å². The number of rotatable bonds is 4. The number of carbonyl (C=O) groups is 1. The van der Waals surface area contributed by atoms with E-state index >= 15 is 0 Å². The molecule has 0 bridgehead atoms. The van der Waals surface area contributed by atoms with Gasteiger partial charge in [-0.3, -0.25) is 4.79 Å². The summed E-state index contributed by atoms with van der Waals surface area (Å²) in [5.74, 6) is 0.0967. The molecule has 1 aliphatic carbocycles. The van der Waals surface area contributed by atoms with Crippen LogP contribution in [0.4, 0.5) is 0 Å². The van der Waals surface area contributed by atoms with Crippen molar-refractivity contribution in [3.63, 3.8) is 0 Å². The number of nitrogens with one attached hydrogen (secondary N) is 1. The van der Waals surface area contributed by atoms with Crippen LogP contribution in [0.25, 0.3) is 5.69 Å². The van der Waals surface area contributed by atoms with Crippen LogP contribution in [0.3, 0.4) is 0 Å². The minimum Gasteiger partial charge on any atom is -0.349 e. The van der Waals surface area contributed by atoms with Gasteiger partial charge in [0.1, 0.15) is 0 Å². The van der Waals surface area contributed by atoms with Crippen LogP contribution in [0.1, 0.15) is 61.5 Å². The summed E-state index contributed by atoms with van der Waals surface area (Å²) in [4.78, 5) is 12.8. The number of halogens is 2. The highest BCUT2D eigenvalue weighted by Gasteiger charge is 2.25. The van der Waals surface area contributed by atoms with Crippen molar-refractivity contribution in [2.45, 2.75) is 57.5 Å². The summed E-state index contributed by atoms with van der Waals surface area (Å²) >= 11 is 6.11. The van der Waals surface area contributed by atoms with E-state index in [1.54, 1.807) is 6.20 Å². The minimum atomic E-state index is -0.0579. The van der Waals surface area contributed by atoms with Crippen LogP contribution < -0.4 is 11.1 Å². The number of hydrogen-bond acceptors (Lipinski definition) is 3. The van der Waals surface area contributed by atoms with Crippen molar-refractivity contribution in [3.05, 3.63) is 46.7 Å². The first kappa shape index (κ1) is 20.7. The number of amides is 1. The van der Waals surface area contributed by atoms with Crippen molar-refractivity contribution in [1.29, 1.82) is 0 Å². The standard InChI is InChI=1S/C19H25ClN4O.ClH/c1-12(2)18-17(19(25)23-15-8-6-14(21)7-9-15)11-22-24(18)16-5-3-4-13(20)10-16;/h3-5,10-12,14-15H,6-9,21H2,1-2H3,(H,23,25);1H. The second-order valence-corrected chi connectivity index (χ2v) is 7.51. The zero-order chi connectivity index (χ0) is 18.0. The molecule has 0 unspecified atom stereocenters. The lowest BCUT2D eigenvalue weighted by molar-refractivity contribution is 0.0924. The number of nitrogens with zero attached hydrogens (tertiary/aromatic N) is 2. The van der Waals surface area contributed by atoms with Gasteiger partial charge in [0.2, 0.25) is 0 Å². The zero-order valence-corrected chi connectivity index (χ0v) is 16.7. The van der Waals surface area contributed by atoms with E-state index in [4.69, 9.17) is 17.3 Å². The van der Waals surface area contributed by atoms with Crippen molar-refractivity contribution >= 4 is 29.9 Å². The largest absolute Gasteiger partial charge is 0.349 e. The molecule has 142 valence electrons. The van der Waals surface area contributed by atoms with E-state index < -0.39 is 0 Å². The summed E-state index contributed by atoms with van der Waals surface area (Å²) in [5.41, 5.74) is 8.33. The summed E-state index contributed by atoms with van der Waals surface area (Å²) in [7, 11) is 0. The van der Waals surface area contributed by atoms with Crippen LogP contribution >= 0.6 is 24.0 Å². The number of carbonyl (C=O) groups excluding carboxylic acids is 1. The van der Waals surface area contributed by atoms with E-state index in [9.17, 15) is 4.79 Å². The number of hydrogen-bond donors (Lipinski definition) is 2. The van der Waals surface area contributed by atoms with Crippen molar-refractivity contribution in [2.75, 3.05) is 0 Å². The molecule has 0 aliphatic heterocycles. The number of benzene rings is 1. The molecule has 1 fully saturated rings. The highest BCUT2D eigenvalue weighted by molar-refractivity contribution is 6.30. The van der Waals surface area contributed by atoms with Crippen LogP contribution in [-0.2, 0) is 0 Å². The summed E-state index contributed by atoms with van der Waals surface area (Å²) in [6, 6.07) is 7.96. The summed E-state index contributed by atoms with van der Waals surface area (Å²) in [6.45, 7) is 4.13. The molecule has 1 saturated carbocycles. The first-order chi connectivity index (χ1) is 12.0. The Hall–Kier alpha value is -1.56. The Labute approximate surface area is 165 Å². The minimum absolute atomic E-state index is 0. The Kier molecular flexibility index (Phi) is 7.09. The molecule has 3 rings (SSSR count). The van der Waals surface area contributed by atoms with Crippen molar-refractivity contribution in [1.82, 2.24) is 15.1 Å². The Morgan fingerprint density at radius 1 is 1.31 bits per heavy atom. The van der Waals surface area contributed by atoms with Gasteiger partial charge in [-0.1, -0.05) is 31.5 Å². The van der Waals surface area contributed by atoms with E-state index in [0.29, 0.717) is 10.6 Å². The van der Waals surface area contributed by atoms with Gasteiger partial charge in [-0.2, -0.15) is 5.10 Å². The van der Waals surface area contributed by atoms with Gasteiger partial charge in [0, 0.05) is 17.1 Å². The lowest BCUT2D eigenvalue weighted by Gasteiger charge is -2.27. The third-order valence-corrected chi connectivity index (χ3v) is 4.99. The van der Waals surface area contributed by atoms with E-state index in [1.165, 1.54) is 0 Å². The second kappa shape index (κ2) is 8.89. The molecule has 1 aromatic carbocycles. The van der Waals surface area contributed by atoms with Gasteiger partial charge in [0.15, 0.2) is 0 Å². The molecule has 1 heterocycles. The fraction of sp³-hybridized carbons (Fsp3) is 0.474. The zero-order valence-electron chi connectivity index (χ0n) is 15.1. The van der Waals surface area contributed by atoms with Crippen molar-refractivity contribution in [2.24, 2.45) is 5.73 Å². The number of aromatic nitrogens is 2. The lowest BCUT2D eigenvalue weighted by Crippen LogP contribution is -2.40. The summed E-state index contributed by atoms with van der Waals surface area (Å²) < 4.78 is 1.81. The molecule has 3 N–H and O–H groups in total. The first-order valence-electron chi connectivity index (χ1n) is 8.86. The fourth-order valence-corrected chi connectivity index (χ4v) is 3.61. The van der Waals surface area contributed by atoms with Crippen molar-refractivity contribution in [3.8, 4) is 5.69 Å². The van der Waals surface area contributed by atoms with Crippen LogP contribution in [-0.4, -0.2) is 27.8 Å². The van der Waals surface area contributed by atoms with E-state index in [2.05, 4.69) is 24.3 Å². The highest BCUT2D eigenvalue weighted by Crippen LogP contribution is 2.25. The topological polar surface area (TPSA) is 72.9 Å². The highest BCUT2D eigenvalue weighted by atomic mass is 35.5. The Morgan fingerprint density at radius 3 is 2.62 bits per heavy atom. The van der Waals surface area contributed by atoms with Gasteiger partial charge in [0.25, 0.3) is 5.91 Å². The molecule has 1 aliphatic rings. The quantitative estimate of drug-likeness (QED) is 0.817. The summed E-state index contributed by atoms with van der Waals surface area (Å²) in [5, 5.41) is 8.25. The predicted molar refractivity (Wildman–Crippen MR) is 108 cm³/mol. The SMILES string of the molecule is CC(C)c1c(C(=O)NC2CCC(N)CC2)cnn1-c1cccc(Cl)c1.Cl. The average molecular weight is 397 g/mol. The van der Waals surface area contributed by atoms with Crippen molar-refractivity contribution < 1.29 is 4.79 Å². The average Bonchev–Trinajstić information content (AvgIpc) is 3.02. The predicted octanol–water partition coefficient (Wildman–Crippen LogP) is 4.07. The Morgan fingerprint density at radius 2 is 2.00 bits per heavy atom. The van der Waals surface area contributed by atoms with Gasteiger partial charge in [-0.15, -0.1) is 12.4 Å². The van der Waals surface area contributed by atoms with Gasteiger partial charge in [-0.05, 0) is 49.8 Å². The molecular weight excluding hydrogens is 371 g/mol. The number of nitrogens with two attached hydrogens (primary N) is 1. The van der Waals surface area contributed by atoms with Crippen LogP contribution in [0.5, 0.6) is 0 Å². The van der Waals surface area contributed by atoms with Gasteiger partial charge in [-0.25, -0.2) is 4.68 Å². The molecule has 1 aromatic heterocycles. The lowest BCUT2D eigenvalue weighted by atomic mass is 9.91. The van der Waals surface area contributed by atoms with E-state index in [-0.39, 0.29) is 36.3 Å². The molecule has 0 radical (unpaired) electrons. The molecule has 7 heteroatoms. The van der Waals surface area contributed by atoms with Gasteiger partial charge >= 0.3 is 0 Å². The molecule has 0 spiro atoms. The molecule has 0 saturated heterocycles. The van der Waals surface area contributed by atoms with Gasteiger partial charge in [0.05, 0.1) is 23.1 Å².